The van der Waals surface area contributed by atoms with Gasteiger partial charge in [-0.3, -0.25) is 9.69 Å². The smallest absolute Gasteiger partial charge is 0.226 e. The molecule has 18 heavy (non-hydrogen) atoms. The third kappa shape index (κ3) is 3.03. The van der Waals surface area contributed by atoms with Crippen LogP contribution in [0.2, 0.25) is 0 Å². The molecule has 0 bridgehead atoms. The number of hydrogen-bond donors (Lipinski definition) is 0. The fraction of sp³-hybridized carbons (Fsp3) is 0.750. The summed E-state index contributed by atoms with van der Waals surface area (Å²) in [5.74, 6) is 2.44. The van der Waals surface area contributed by atoms with Crippen molar-refractivity contribution in [2.75, 3.05) is 44.2 Å². The average molecular weight is 270 g/mol. The maximum Gasteiger partial charge on any atom is 0.226 e. The lowest BCUT2D eigenvalue weighted by atomic mass is 10.1. The van der Waals surface area contributed by atoms with Gasteiger partial charge >= 0.3 is 0 Å². The number of amides is 1. The first-order chi connectivity index (χ1) is 8.52. The predicted octanol–water partition coefficient (Wildman–Crippen LogP) is -0.801. The molecular formula is C12H18N2O3S. The second-order valence-corrected chi connectivity index (χ2v) is 7.13. The van der Waals surface area contributed by atoms with Crippen molar-refractivity contribution >= 4 is 15.7 Å². The molecule has 100 valence electrons. The molecule has 0 saturated carbocycles. The van der Waals surface area contributed by atoms with Crippen LogP contribution in [0, 0.1) is 18.3 Å². The zero-order valence-electron chi connectivity index (χ0n) is 10.3. The standard InChI is InChI=1S/C12H18N2O3S/c1-2-4-13-5-7-14(8-6-13)12(15)11-3-9-18(16,17)10-11/h1,11H,3-10H2. The first-order valence-electron chi connectivity index (χ1n) is 6.17. The van der Waals surface area contributed by atoms with Crippen LogP contribution >= 0.6 is 0 Å². The molecule has 0 N–H and O–H groups in total. The summed E-state index contributed by atoms with van der Waals surface area (Å²) in [6, 6.07) is 0. The number of piperazine rings is 1. The topological polar surface area (TPSA) is 57.7 Å². The lowest BCUT2D eigenvalue weighted by Gasteiger charge is -2.34. The summed E-state index contributed by atoms with van der Waals surface area (Å²) >= 11 is 0. The van der Waals surface area contributed by atoms with E-state index in [4.69, 9.17) is 6.42 Å². The Morgan fingerprint density at radius 2 is 1.94 bits per heavy atom. The molecule has 2 aliphatic rings. The van der Waals surface area contributed by atoms with Crippen LogP contribution in [0.3, 0.4) is 0 Å². The van der Waals surface area contributed by atoms with Crippen molar-refractivity contribution in [3.63, 3.8) is 0 Å². The number of carbonyl (C=O) groups is 1. The molecular weight excluding hydrogens is 252 g/mol. The Morgan fingerprint density at radius 1 is 1.28 bits per heavy atom. The molecule has 1 unspecified atom stereocenters. The molecule has 2 saturated heterocycles. The van der Waals surface area contributed by atoms with E-state index in [0.29, 0.717) is 26.1 Å². The van der Waals surface area contributed by atoms with Crippen molar-refractivity contribution in [3.05, 3.63) is 0 Å². The van der Waals surface area contributed by atoms with Crippen LogP contribution in [0.25, 0.3) is 0 Å². The largest absolute Gasteiger partial charge is 0.340 e. The van der Waals surface area contributed by atoms with Crippen LogP contribution in [0.1, 0.15) is 6.42 Å². The van der Waals surface area contributed by atoms with Gasteiger partial charge in [0.05, 0.1) is 24.0 Å². The van der Waals surface area contributed by atoms with E-state index in [1.807, 2.05) is 0 Å². The molecule has 5 nitrogen and oxygen atoms in total. The van der Waals surface area contributed by atoms with Crippen molar-refractivity contribution < 1.29 is 13.2 Å². The maximum absolute atomic E-state index is 12.2. The molecule has 0 spiro atoms. The molecule has 6 heteroatoms. The molecule has 2 fully saturated rings. The number of carbonyl (C=O) groups excluding carboxylic acids is 1. The van der Waals surface area contributed by atoms with Gasteiger partial charge in [-0.15, -0.1) is 6.42 Å². The van der Waals surface area contributed by atoms with E-state index in [2.05, 4.69) is 10.8 Å². The Morgan fingerprint density at radius 3 is 2.44 bits per heavy atom. The maximum atomic E-state index is 12.2. The summed E-state index contributed by atoms with van der Waals surface area (Å²) in [7, 11) is -2.98. The van der Waals surface area contributed by atoms with E-state index in [1.165, 1.54) is 0 Å². The molecule has 2 heterocycles. The third-order valence-electron chi connectivity index (χ3n) is 3.58. The van der Waals surface area contributed by atoms with Gasteiger partial charge < -0.3 is 4.90 Å². The van der Waals surface area contributed by atoms with Crippen molar-refractivity contribution in [1.82, 2.24) is 9.80 Å². The van der Waals surface area contributed by atoms with Crippen LogP contribution < -0.4 is 0 Å². The van der Waals surface area contributed by atoms with Gasteiger partial charge in [-0.05, 0) is 6.42 Å². The lowest BCUT2D eigenvalue weighted by molar-refractivity contribution is -0.136. The molecule has 0 radical (unpaired) electrons. The number of terminal acetylenes is 1. The molecule has 2 aliphatic heterocycles. The SMILES string of the molecule is C#CCN1CCN(C(=O)C2CCS(=O)(=O)C2)CC1. The van der Waals surface area contributed by atoms with E-state index in [-0.39, 0.29) is 23.3 Å². The van der Waals surface area contributed by atoms with Gasteiger partial charge in [-0.25, -0.2) is 8.42 Å². The monoisotopic (exact) mass is 270 g/mol. The van der Waals surface area contributed by atoms with E-state index in [0.717, 1.165) is 13.1 Å². The van der Waals surface area contributed by atoms with Crippen LogP contribution in [-0.4, -0.2) is 68.4 Å². The number of nitrogens with zero attached hydrogens (tertiary/aromatic N) is 2. The van der Waals surface area contributed by atoms with Gasteiger partial charge in [0.15, 0.2) is 9.84 Å². The summed E-state index contributed by atoms with van der Waals surface area (Å²) in [5.41, 5.74) is 0. The minimum atomic E-state index is -2.98. The van der Waals surface area contributed by atoms with Gasteiger partial charge in [-0.1, -0.05) is 5.92 Å². The number of rotatable bonds is 2. The van der Waals surface area contributed by atoms with Gasteiger partial charge in [0.1, 0.15) is 0 Å². The summed E-state index contributed by atoms with van der Waals surface area (Å²) in [4.78, 5) is 16.1. The third-order valence-corrected chi connectivity index (χ3v) is 5.35. The molecule has 1 amide bonds. The highest BCUT2D eigenvalue weighted by atomic mass is 32.2. The van der Waals surface area contributed by atoms with Crippen LogP contribution in [0.15, 0.2) is 0 Å². The zero-order chi connectivity index (χ0) is 13.2. The summed E-state index contributed by atoms with van der Waals surface area (Å²) in [5, 5.41) is 0. The predicted molar refractivity (Wildman–Crippen MR) is 68.6 cm³/mol. The molecule has 0 aliphatic carbocycles. The Kier molecular flexibility index (Phi) is 3.93. The quantitative estimate of drug-likeness (QED) is 0.616. The highest BCUT2D eigenvalue weighted by molar-refractivity contribution is 7.91. The average Bonchev–Trinajstić information content (AvgIpc) is 2.70. The summed E-state index contributed by atoms with van der Waals surface area (Å²) < 4.78 is 22.7. The minimum Gasteiger partial charge on any atom is -0.340 e. The van der Waals surface area contributed by atoms with Gasteiger partial charge in [0.2, 0.25) is 5.91 Å². The fourth-order valence-electron chi connectivity index (χ4n) is 2.50. The highest BCUT2D eigenvalue weighted by Gasteiger charge is 2.36. The van der Waals surface area contributed by atoms with Crippen molar-refractivity contribution in [3.8, 4) is 12.3 Å². The fourth-order valence-corrected chi connectivity index (χ4v) is 4.24. The second kappa shape index (κ2) is 5.29. The lowest BCUT2D eigenvalue weighted by Crippen LogP contribution is -2.50. The molecule has 0 aromatic heterocycles. The first-order valence-corrected chi connectivity index (χ1v) is 7.99. The molecule has 0 aromatic rings. The van der Waals surface area contributed by atoms with Crippen molar-refractivity contribution in [2.24, 2.45) is 5.92 Å². The van der Waals surface area contributed by atoms with Gasteiger partial charge in [0, 0.05) is 26.2 Å². The Hall–Kier alpha value is -1.06. The van der Waals surface area contributed by atoms with Gasteiger partial charge in [-0.2, -0.15) is 0 Å². The number of hydrogen-bond acceptors (Lipinski definition) is 4. The Bertz CT molecular complexity index is 458. The first kappa shape index (κ1) is 13.4. The van der Waals surface area contributed by atoms with E-state index >= 15 is 0 Å². The second-order valence-electron chi connectivity index (χ2n) is 4.91. The Labute approximate surface area is 108 Å². The van der Waals surface area contributed by atoms with E-state index in [1.54, 1.807) is 4.90 Å². The molecule has 0 aromatic carbocycles. The van der Waals surface area contributed by atoms with E-state index < -0.39 is 9.84 Å². The minimum absolute atomic E-state index is 0.00330. The van der Waals surface area contributed by atoms with Crippen molar-refractivity contribution in [2.45, 2.75) is 6.42 Å². The number of sulfone groups is 1. The highest BCUT2D eigenvalue weighted by Crippen LogP contribution is 2.21. The van der Waals surface area contributed by atoms with Crippen LogP contribution in [0.4, 0.5) is 0 Å². The summed E-state index contributed by atoms with van der Waals surface area (Å²) in [6.07, 6.45) is 5.72. The zero-order valence-corrected chi connectivity index (χ0v) is 11.2. The van der Waals surface area contributed by atoms with Crippen LogP contribution in [0.5, 0.6) is 0 Å². The van der Waals surface area contributed by atoms with Gasteiger partial charge in [0.25, 0.3) is 0 Å². The van der Waals surface area contributed by atoms with E-state index in [9.17, 15) is 13.2 Å². The van der Waals surface area contributed by atoms with Crippen molar-refractivity contribution in [1.29, 1.82) is 0 Å². The molecule has 1 atom stereocenters. The molecule has 2 rings (SSSR count). The summed E-state index contributed by atoms with van der Waals surface area (Å²) in [6.45, 7) is 3.46. The Balaban J connectivity index is 1.87. The normalized spacial score (nSPS) is 27.9. The van der Waals surface area contributed by atoms with Crippen LogP contribution in [-0.2, 0) is 14.6 Å².